The Labute approximate surface area is 143 Å². The van der Waals surface area contributed by atoms with Crippen molar-refractivity contribution in [3.05, 3.63) is 0 Å². The average molecular weight is 366 g/mol. The van der Waals surface area contributed by atoms with Crippen LogP contribution in [0.3, 0.4) is 0 Å². The molecule has 1 aliphatic rings. The predicted molar refractivity (Wildman–Crippen MR) is 91.7 cm³/mol. The Morgan fingerprint density at radius 2 is 1.91 bits per heavy atom. The molecule has 1 rings (SSSR count). The van der Waals surface area contributed by atoms with Crippen molar-refractivity contribution in [2.75, 3.05) is 12.3 Å². The number of sulfonamides is 1. The maximum atomic E-state index is 12.8. The molecule has 0 aromatic rings. The smallest absolute Gasteiger partial charge is 0.324 e. The summed E-state index contributed by atoms with van der Waals surface area (Å²) in [6.45, 7) is 8.60. The molecule has 0 radical (unpaired) electrons. The Kier molecular flexibility index (Phi) is 7.10. The summed E-state index contributed by atoms with van der Waals surface area (Å²) in [5.74, 6) is -0.304. The van der Waals surface area contributed by atoms with Gasteiger partial charge in [0.25, 0.3) is 0 Å². The molecule has 6 nitrogen and oxygen atoms in total. The molecule has 23 heavy (non-hydrogen) atoms. The lowest BCUT2D eigenvalue weighted by atomic mass is 10.0. The molecule has 0 aliphatic carbocycles. The van der Waals surface area contributed by atoms with E-state index in [0.717, 1.165) is 24.6 Å². The summed E-state index contributed by atoms with van der Waals surface area (Å²) in [5, 5.41) is -0.839. The fourth-order valence-corrected chi connectivity index (χ4v) is 5.12. The zero-order valence-corrected chi connectivity index (χ0v) is 16.1. The monoisotopic (exact) mass is 365 g/mol. The fourth-order valence-electron chi connectivity index (χ4n) is 2.37. The highest BCUT2D eigenvalue weighted by Crippen LogP contribution is 2.26. The minimum atomic E-state index is -3.65. The average Bonchev–Trinajstić information content (AvgIpc) is 2.42. The van der Waals surface area contributed by atoms with Crippen molar-refractivity contribution >= 4 is 32.9 Å². The van der Waals surface area contributed by atoms with Gasteiger partial charge in [-0.15, -0.1) is 0 Å². The molecule has 0 spiro atoms. The summed E-state index contributed by atoms with van der Waals surface area (Å²) >= 11 is 0.989. The lowest BCUT2D eigenvalue weighted by Crippen LogP contribution is -2.52. The van der Waals surface area contributed by atoms with Gasteiger partial charge < -0.3 is 4.74 Å². The van der Waals surface area contributed by atoms with Crippen LogP contribution in [0.1, 0.15) is 53.9 Å². The van der Waals surface area contributed by atoms with Crippen LogP contribution in [0, 0.1) is 0 Å². The van der Waals surface area contributed by atoms with Gasteiger partial charge in [0, 0.05) is 19.2 Å². The van der Waals surface area contributed by atoms with E-state index in [0.29, 0.717) is 13.0 Å². The van der Waals surface area contributed by atoms with E-state index < -0.39 is 32.9 Å². The van der Waals surface area contributed by atoms with Crippen LogP contribution in [0.15, 0.2) is 0 Å². The number of ether oxygens (including phenoxy) is 1. The standard InChI is InChI=1S/C15H27NO5S2/c1-11(10-22-12(2)17)23(19,20)16-9-7-6-8-13(16)14(18)21-15(3,4)5/h11,13H,6-10H2,1-5H3. The normalized spacial score (nSPS) is 21.7. The Balaban J connectivity index is 2.91. The lowest BCUT2D eigenvalue weighted by Gasteiger charge is -2.36. The quantitative estimate of drug-likeness (QED) is 0.695. The molecule has 2 atom stereocenters. The van der Waals surface area contributed by atoms with Crippen LogP contribution < -0.4 is 0 Å². The first-order valence-electron chi connectivity index (χ1n) is 7.82. The first-order valence-corrected chi connectivity index (χ1v) is 10.3. The second-order valence-corrected chi connectivity index (χ2v) is 10.3. The van der Waals surface area contributed by atoms with E-state index in [9.17, 15) is 18.0 Å². The van der Waals surface area contributed by atoms with Crippen LogP contribution in [-0.2, 0) is 24.3 Å². The van der Waals surface area contributed by atoms with Crippen molar-refractivity contribution < 1.29 is 22.7 Å². The van der Waals surface area contributed by atoms with Gasteiger partial charge in [-0.1, -0.05) is 11.8 Å². The van der Waals surface area contributed by atoms with Crippen LogP contribution in [0.25, 0.3) is 0 Å². The summed E-state index contributed by atoms with van der Waals surface area (Å²) in [7, 11) is -3.65. The molecule has 2 unspecified atom stereocenters. The van der Waals surface area contributed by atoms with Crippen molar-refractivity contribution in [2.45, 2.75) is 70.8 Å². The molecule has 0 bridgehead atoms. The number of thioether (sulfide) groups is 1. The van der Waals surface area contributed by atoms with E-state index in [1.165, 1.54) is 11.2 Å². The molecule has 1 aliphatic heterocycles. The maximum Gasteiger partial charge on any atom is 0.324 e. The highest BCUT2D eigenvalue weighted by Gasteiger charge is 2.41. The van der Waals surface area contributed by atoms with E-state index in [-0.39, 0.29) is 10.9 Å². The maximum absolute atomic E-state index is 12.8. The number of piperidine rings is 1. The first-order chi connectivity index (χ1) is 10.4. The van der Waals surface area contributed by atoms with Crippen LogP contribution >= 0.6 is 11.8 Å². The van der Waals surface area contributed by atoms with E-state index >= 15 is 0 Å². The first kappa shape index (κ1) is 20.4. The van der Waals surface area contributed by atoms with E-state index in [2.05, 4.69) is 0 Å². The minimum absolute atomic E-state index is 0.116. The third kappa shape index (κ3) is 6.08. The molecule has 0 N–H and O–H groups in total. The Morgan fingerprint density at radius 3 is 2.43 bits per heavy atom. The number of carbonyl (C=O) groups excluding carboxylic acids is 2. The minimum Gasteiger partial charge on any atom is -0.459 e. The predicted octanol–water partition coefficient (Wildman–Crippen LogP) is 2.18. The third-order valence-corrected chi connectivity index (χ3v) is 7.05. The van der Waals surface area contributed by atoms with E-state index in [1.807, 2.05) is 0 Å². The number of hydrogen-bond acceptors (Lipinski definition) is 6. The molecule has 1 saturated heterocycles. The Bertz CT molecular complexity index is 539. The summed E-state index contributed by atoms with van der Waals surface area (Å²) < 4.78 is 32.2. The van der Waals surface area contributed by atoms with Gasteiger partial charge >= 0.3 is 5.97 Å². The van der Waals surface area contributed by atoms with E-state index in [1.54, 1.807) is 27.7 Å². The molecule has 0 aromatic heterocycles. The molecular formula is C15H27NO5S2. The molecule has 0 amide bonds. The second kappa shape index (κ2) is 7.98. The van der Waals surface area contributed by atoms with Crippen molar-refractivity contribution in [3.63, 3.8) is 0 Å². The van der Waals surface area contributed by atoms with Gasteiger partial charge in [0.1, 0.15) is 11.6 Å². The van der Waals surface area contributed by atoms with E-state index in [4.69, 9.17) is 4.74 Å². The van der Waals surface area contributed by atoms with Crippen LogP contribution in [0.4, 0.5) is 0 Å². The zero-order valence-electron chi connectivity index (χ0n) is 14.5. The topological polar surface area (TPSA) is 80.8 Å². The van der Waals surface area contributed by atoms with Crippen molar-refractivity contribution in [1.29, 1.82) is 0 Å². The van der Waals surface area contributed by atoms with Crippen LogP contribution in [-0.4, -0.2) is 53.0 Å². The number of esters is 1. The molecule has 1 fully saturated rings. The Morgan fingerprint density at radius 1 is 1.30 bits per heavy atom. The summed E-state index contributed by atoms with van der Waals surface area (Å²) in [5.41, 5.74) is -0.653. The molecular weight excluding hydrogens is 338 g/mol. The Hall–Kier alpha value is -0.600. The number of rotatable bonds is 5. The highest BCUT2D eigenvalue weighted by atomic mass is 32.2. The van der Waals surface area contributed by atoms with Crippen molar-refractivity contribution in [1.82, 2.24) is 4.31 Å². The second-order valence-electron chi connectivity index (χ2n) is 6.81. The van der Waals surface area contributed by atoms with Gasteiger partial charge in [-0.3, -0.25) is 9.59 Å². The molecule has 8 heteroatoms. The van der Waals surface area contributed by atoms with Gasteiger partial charge in [-0.2, -0.15) is 4.31 Å². The fraction of sp³-hybridized carbons (Fsp3) is 0.867. The molecule has 0 saturated carbocycles. The van der Waals surface area contributed by atoms with Crippen molar-refractivity contribution in [2.24, 2.45) is 0 Å². The van der Waals surface area contributed by atoms with Gasteiger partial charge in [-0.05, 0) is 47.0 Å². The zero-order chi connectivity index (χ0) is 17.8. The summed E-state index contributed by atoms with van der Waals surface area (Å²) in [6.07, 6.45) is 2.00. The SMILES string of the molecule is CC(=O)SCC(C)S(=O)(=O)N1CCCCC1C(=O)OC(C)(C)C. The number of nitrogens with zero attached hydrogens (tertiary/aromatic N) is 1. The summed E-state index contributed by atoms with van der Waals surface area (Å²) in [4.78, 5) is 23.4. The van der Waals surface area contributed by atoms with Crippen LogP contribution in [0.2, 0.25) is 0 Å². The molecule has 1 heterocycles. The largest absolute Gasteiger partial charge is 0.459 e. The molecule has 0 aromatic carbocycles. The number of carbonyl (C=O) groups is 2. The van der Waals surface area contributed by atoms with Crippen molar-refractivity contribution in [3.8, 4) is 0 Å². The number of hydrogen-bond donors (Lipinski definition) is 0. The van der Waals surface area contributed by atoms with Gasteiger partial charge in [0.2, 0.25) is 10.0 Å². The van der Waals surface area contributed by atoms with Gasteiger partial charge in [0.15, 0.2) is 5.12 Å². The lowest BCUT2D eigenvalue weighted by molar-refractivity contribution is -0.160. The third-order valence-electron chi connectivity index (χ3n) is 3.49. The molecule has 134 valence electrons. The van der Waals surface area contributed by atoms with Gasteiger partial charge in [0.05, 0.1) is 5.25 Å². The summed E-state index contributed by atoms with van der Waals surface area (Å²) in [6, 6.07) is -0.766. The van der Waals surface area contributed by atoms with Gasteiger partial charge in [-0.25, -0.2) is 8.42 Å². The highest BCUT2D eigenvalue weighted by molar-refractivity contribution is 8.14. The van der Waals surface area contributed by atoms with Crippen LogP contribution in [0.5, 0.6) is 0 Å².